The van der Waals surface area contributed by atoms with Gasteiger partial charge >= 0.3 is 17.1 Å². The van der Waals surface area contributed by atoms with Crippen molar-refractivity contribution in [3.8, 4) is 0 Å². The van der Waals surface area contributed by atoms with E-state index in [2.05, 4.69) is 0 Å². The number of halogens is 2. The molecule has 0 aromatic rings. The molecule has 4 heavy (non-hydrogen) atoms. The summed E-state index contributed by atoms with van der Waals surface area (Å²) in [5.74, 6) is 0. The van der Waals surface area contributed by atoms with Gasteiger partial charge in [0.25, 0.3) is 0 Å². The van der Waals surface area contributed by atoms with Crippen molar-refractivity contribution >= 4 is 0 Å². The minimum absolute atomic E-state index is 0. The smallest absolute Gasteiger partial charge is 0.0104 e. The third-order valence-electron chi connectivity index (χ3n) is 0. The molecule has 0 aliphatic heterocycles. The van der Waals surface area contributed by atoms with Crippen LogP contribution in [0.1, 0.15) is 0 Å². The average Bonchev–Trinajstić information content (AvgIpc) is 0.918. The molecular weight excluding hydrogens is 110 g/mol. The van der Waals surface area contributed by atoms with E-state index in [9.17, 15) is 0 Å². The summed E-state index contributed by atoms with van der Waals surface area (Å²) >= 11 is 0. The van der Waals surface area contributed by atoms with E-state index >= 15 is 0 Å². The van der Waals surface area contributed by atoms with Gasteiger partial charge < -0.3 is 0 Å². The van der Waals surface area contributed by atoms with Crippen molar-refractivity contribution in [1.82, 2.24) is 0 Å². The van der Waals surface area contributed by atoms with Crippen molar-refractivity contribution < 1.29 is 31.3 Å². The van der Waals surface area contributed by atoms with E-state index in [-0.39, 0.29) is 17.1 Å². The Hall–Kier alpha value is 0.339. The molecule has 0 spiro atoms. The second-order valence-electron chi connectivity index (χ2n) is 0.0583. The van der Waals surface area contributed by atoms with Crippen LogP contribution in [0, 0.1) is 0 Å². The van der Waals surface area contributed by atoms with Crippen molar-refractivity contribution in [3.05, 3.63) is 0 Å². The van der Waals surface area contributed by atoms with Gasteiger partial charge in [-0.05, 0) is 9.05 Å². The zero-order valence-electron chi connectivity index (χ0n) is 1.52. The standard InChI is InChI=1S/F2O.Fe/c1-3-2;/q;+3. The van der Waals surface area contributed by atoms with Crippen LogP contribution in [0.3, 0.4) is 0 Å². The summed E-state index contributed by atoms with van der Waals surface area (Å²) in [6.45, 7) is 0. The third-order valence-corrected chi connectivity index (χ3v) is 0. The molecule has 0 amide bonds. The van der Waals surface area contributed by atoms with Crippen LogP contribution in [0.2, 0.25) is 0 Å². The first-order valence-corrected chi connectivity index (χ1v) is 0.309. The fraction of sp³-hybridized carbons (Fsp3) is 0. The molecule has 1 radical (unpaired) electrons. The van der Waals surface area contributed by atoms with Crippen LogP contribution in [-0.4, -0.2) is 0 Å². The largest absolute Gasteiger partial charge is 3.00 e. The fourth-order valence-corrected chi connectivity index (χ4v) is 0. The normalized spacial score (nSPS) is 4.50. The van der Waals surface area contributed by atoms with Crippen LogP contribution in [0.25, 0.3) is 0 Å². The van der Waals surface area contributed by atoms with Crippen molar-refractivity contribution in [3.63, 3.8) is 0 Å². The van der Waals surface area contributed by atoms with Gasteiger partial charge in [0.2, 0.25) is 0 Å². The molecule has 0 aromatic heterocycles. The Morgan fingerprint density at radius 1 is 1.25 bits per heavy atom. The van der Waals surface area contributed by atoms with E-state index in [0.29, 0.717) is 0 Å². The molecule has 0 heterocycles. The van der Waals surface area contributed by atoms with Crippen molar-refractivity contribution in [2.24, 2.45) is 0 Å². The summed E-state index contributed by atoms with van der Waals surface area (Å²) < 4.78 is 18.2. The molecule has 25 valence electrons. The second kappa shape index (κ2) is 10.2. The molecule has 0 aliphatic rings. The van der Waals surface area contributed by atoms with E-state index in [1.807, 2.05) is 0 Å². The summed E-state index contributed by atoms with van der Waals surface area (Å²) in [4.78, 5) is 0. The van der Waals surface area contributed by atoms with Crippen molar-refractivity contribution in [2.45, 2.75) is 0 Å². The first-order chi connectivity index (χ1) is 1.41. The number of rotatable bonds is 0. The minimum atomic E-state index is 0. The fourth-order valence-electron chi connectivity index (χ4n) is 0. The monoisotopic (exact) mass is 110 g/mol. The molecule has 0 rings (SSSR count). The Balaban J connectivity index is 0. The van der Waals surface area contributed by atoms with Crippen molar-refractivity contribution in [2.75, 3.05) is 0 Å². The summed E-state index contributed by atoms with van der Waals surface area (Å²) in [5.41, 5.74) is 0. The van der Waals surface area contributed by atoms with E-state index in [1.165, 1.54) is 5.15 Å². The Kier molecular flexibility index (Phi) is 22.5. The van der Waals surface area contributed by atoms with Crippen LogP contribution < -0.4 is 0 Å². The molecule has 0 N–H and O–H groups in total. The number of hydrogen-bond acceptors (Lipinski definition) is 1. The molecule has 0 saturated carbocycles. The third kappa shape index (κ3) is 36.4. The topological polar surface area (TPSA) is 9.23 Å². The zero-order valence-corrected chi connectivity index (χ0v) is 2.62. The molecular formula is F2FeO+3. The second-order valence-corrected chi connectivity index (χ2v) is 0.0583. The van der Waals surface area contributed by atoms with Crippen LogP contribution in [-0.2, 0) is 22.2 Å². The Morgan fingerprint density at radius 3 is 1.25 bits per heavy atom. The van der Waals surface area contributed by atoms with E-state index < -0.39 is 0 Å². The average molecular weight is 110 g/mol. The molecule has 1 nitrogen and oxygen atoms in total. The first-order valence-electron chi connectivity index (χ1n) is 0.309. The van der Waals surface area contributed by atoms with Crippen LogP contribution in [0.4, 0.5) is 9.05 Å². The SMILES string of the molecule is FOF.[Fe+3]. The molecule has 0 aromatic carbocycles. The van der Waals surface area contributed by atoms with Gasteiger partial charge in [-0.1, -0.05) is 0 Å². The van der Waals surface area contributed by atoms with Gasteiger partial charge in [0.05, 0.1) is 0 Å². The molecule has 0 bridgehead atoms. The van der Waals surface area contributed by atoms with Gasteiger partial charge in [-0.25, -0.2) is 0 Å². The molecule has 0 unspecified atom stereocenters. The predicted octanol–water partition coefficient (Wildman–Crippen LogP) is 0.770. The molecule has 0 aliphatic carbocycles. The summed E-state index contributed by atoms with van der Waals surface area (Å²) in [5, 5.41) is 1.25. The van der Waals surface area contributed by atoms with Crippen LogP contribution in [0.15, 0.2) is 0 Å². The van der Waals surface area contributed by atoms with E-state index in [4.69, 9.17) is 9.05 Å². The van der Waals surface area contributed by atoms with Crippen LogP contribution >= 0.6 is 0 Å². The molecule has 0 saturated heterocycles. The van der Waals surface area contributed by atoms with E-state index in [0.717, 1.165) is 0 Å². The Bertz CT molecular complexity index is 6.00. The predicted molar refractivity (Wildman–Crippen MR) is 3.30 cm³/mol. The maximum Gasteiger partial charge on any atom is 3.00 e. The van der Waals surface area contributed by atoms with Gasteiger partial charge in [-0.15, -0.1) is 0 Å². The minimum Gasteiger partial charge on any atom is -0.0104 e. The van der Waals surface area contributed by atoms with Gasteiger partial charge in [0.15, 0.2) is 0 Å². The quantitative estimate of drug-likeness (QED) is 0.418. The molecule has 4 heteroatoms. The summed E-state index contributed by atoms with van der Waals surface area (Å²) in [7, 11) is 0. The van der Waals surface area contributed by atoms with Gasteiger partial charge in [0.1, 0.15) is 0 Å². The first kappa shape index (κ1) is 8.84. The van der Waals surface area contributed by atoms with E-state index in [1.54, 1.807) is 0 Å². The maximum atomic E-state index is 9.12. The molecule has 0 fully saturated rings. The summed E-state index contributed by atoms with van der Waals surface area (Å²) in [6.07, 6.45) is 0. The van der Waals surface area contributed by atoms with Gasteiger partial charge in [0, 0.05) is 5.15 Å². The van der Waals surface area contributed by atoms with Crippen molar-refractivity contribution in [1.29, 1.82) is 0 Å². The summed E-state index contributed by atoms with van der Waals surface area (Å²) in [6, 6.07) is 0. The molecule has 0 atom stereocenters. The maximum absolute atomic E-state index is 9.12. The zero-order chi connectivity index (χ0) is 2.71. The van der Waals surface area contributed by atoms with Gasteiger partial charge in [-0.2, -0.15) is 0 Å². The Labute approximate surface area is 32.2 Å². The van der Waals surface area contributed by atoms with Gasteiger partial charge in [-0.3, -0.25) is 0 Å². The van der Waals surface area contributed by atoms with Crippen LogP contribution in [0.5, 0.6) is 0 Å². The Morgan fingerprint density at radius 2 is 1.25 bits per heavy atom. The number of hydrogen-bond donors (Lipinski definition) is 0.